The molecular weight excluding hydrogens is 529 g/mol. The summed E-state index contributed by atoms with van der Waals surface area (Å²) in [6, 6.07) is 0. The zero-order chi connectivity index (χ0) is 17.7. The Labute approximate surface area is 159 Å². The summed E-state index contributed by atoms with van der Waals surface area (Å²) in [5.74, 6) is 0. The summed E-state index contributed by atoms with van der Waals surface area (Å²) >= 11 is 0. The minimum atomic E-state index is -4.42. The molecule has 142 valence electrons. The average molecular weight is 544 g/mol. The molecule has 0 N–H and O–H groups in total. The third kappa shape index (κ3) is 49.8. The Morgan fingerprint density at radius 2 is 0.727 bits per heavy atom. The predicted octanol–water partition coefficient (Wildman–Crippen LogP) is -1.55. The molecule has 0 saturated carbocycles. The summed E-state index contributed by atoms with van der Waals surface area (Å²) in [6.07, 6.45) is 0. The van der Waals surface area contributed by atoms with Crippen LogP contribution in [0.2, 0.25) is 0 Å². The molecule has 0 saturated heterocycles. The Morgan fingerprint density at radius 1 is 0.591 bits per heavy atom. The largest absolute Gasteiger partial charge is 3.00 e. The van der Waals surface area contributed by atoms with E-state index in [-0.39, 0.29) is 56.7 Å². The van der Waals surface area contributed by atoms with E-state index in [0.717, 1.165) is 0 Å². The van der Waals surface area contributed by atoms with Gasteiger partial charge in [0.15, 0.2) is 0 Å². The maximum absolute atomic E-state index is 9.45. The summed E-state index contributed by atoms with van der Waals surface area (Å²) in [7, 11) is -13.3. The zero-order valence-electron chi connectivity index (χ0n) is 11.5. The zero-order valence-corrected chi connectivity index (χ0v) is 15.8. The van der Waals surface area contributed by atoms with Crippen molar-refractivity contribution in [2.75, 3.05) is 19.8 Å². The van der Waals surface area contributed by atoms with E-state index in [1.165, 1.54) is 20.8 Å². The molecule has 0 spiro atoms. The molecule has 0 amide bonds. The Balaban J connectivity index is -0.000000108. The third-order valence-electron chi connectivity index (χ3n) is 0.787. The number of hydrogen-bond donors (Lipinski definition) is 0. The van der Waals surface area contributed by atoms with Gasteiger partial charge in [-0.2, -0.15) is 0 Å². The van der Waals surface area contributed by atoms with Gasteiger partial charge in [0.25, 0.3) is 0 Å². The predicted molar refractivity (Wildman–Crippen MR) is 64.0 cm³/mol. The van der Waals surface area contributed by atoms with Crippen molar-refractivity contribution < 1.29 is 88.3 Å². The van der Waals surface area contributed by atoms with E-state index in [1.54, 1.807) is 0 Å². The van der Waals surface area contributed by atoms with Crippen LogP contribution in [0.4, 0.5) is 0 Å². The van der Waals surface area contributed by atoms with E-state index >= 15 is 0 Å². The molecule has 12 nitrogen and oxygen atoms in total. The molecule has 0 aliphatic rings. The van der Waals surface area contributed by atoms with Gasteiger partial charge in [-0.05, 0) is 20.8 Å². The molecule has 0 rings (SSSR count). The molecule has 0 fully saturated rings. The normalized spacial score (nSPS) is 11.2. The molecule has 0 heterocycles. The van der Waals surface area contributed by atoms with Gasteiger partial charge in [0.1, 0.15) is 0 Å². The maximum atomic E-state index is 9.45. The van der Waals surface area contributed by atoms with Crippen molar-refractivity contribution in [2.24, 2.45) is 0 Å². The smallest absolute Gasteiger partial charge is 0.726 e. The van der Waals surface area contributed by atoms with Crippen molar-refractivity contribution in [1.29, 1.82) is 0 Å². The van der Waals surface area contributed by atoms with Crippen molar-refractivity contribution in [3.8, 4) is 0 Å². The molecule has 0 aromatic rings. The monoisotopic (exact) mass is 544 g/mol. The van der Waals surface area contributed by atoms with Gasteiger partial charge in [-0.15, -0.1) is 0 Å². The van der Waals surface area contributed by atoms with Crippen LogP contribution in [0.1, 0.15) is 20.8 Å². The van der Waals surface area contributed by atoms with Gasteiger partial charge in [0.05, 0.1) is 19.8 Å². The second-order valence-electron chi connectivity index (χ2n) is 2.44. The summed E-state index contributed by atoms with van der Waals surface area (Å²) < 4.78 is 96.0. The van der Waals surface area contributed by atoms with Gasteiger partial charge < -0.3 is 13.7 Å². The summed E-state index contributed by atoms with van der Waals surface area (Å²) in [4.78, 5) is 0. The Morgan fingerprint density at radius 3 is 0.727 bits per heavy atom. The molecule has 0 atom stereocenters. The first-order valence-corrected chi connectivity index (χ1v) is 8.99. The van der Waals surface area contributed by atoms with Crippen LogP contribution in [0, 0.1) is 36.9 Å². The third-order valence-corrected chi connectivity index (χ3v) is 2.36. The number of hydrogen-bond acceptors (Lipinski definition) is 12. The van der Waals surface area contributed by atoms with Gasteiger partial charge in [0.2, 0.25) is 31.2 Å². The molecule has 0 aromatic heterocycles. The number of rotatable bonds is 6. The van der Waals surface area contributed by atoms with Crippen LogP contribution in [-0.4, -0.2) is 58.7 Å². The van der Waals surface area contributed by atoms with E-state index in [4.69, 9.17) is 0 Å². The minimum absolute atomic E-state index is 0. The van der Waals surface area contributed by atoms with Crippen LogP contribution in [0.3, 0.4) is 0 Å². The molecule has 0 radical (unpaired) electrons. The van der Waals surface area contributed by atoms with E-state index < -0.39 is 31.2 Å². The van der Waals surface area contributed by atoms with Crippen molar-refractivity contribution in [3.05, 3.63) is 0 Å². The summed E-state index contributed by atoms with van der Waals surface area (Å²) in [5, 5.41) is 0. The van der Waals surface area contributed by atoms with Gasteiger partial charge in [-0.25, -0.2) is 25.3 Å². The second-order valence-corrected chi connectivity index (χ2v) is 5.60. The van der Waals surface area contributed by atoms with Crippen LogP contribution < -0.4 is 0 Å². The van der Waals surface area contributed by atoms with Crippen molar-refractivity contribution in [1.82, 2.24) is 0 Å². The van der Waals surface area contributed by atoms with E-state index in [0.29, 0.717) is 0 Å². The topological polar surface area (TPSA) is 199 Å². The van der Waals surface area contributed by atoms with Gasteiger partial charge >= 0.3 is 36.9 Å². The standard InChI is InChI=1S/3C2H6O4S.Tm/c3*1-2-6-7(3,4)5;/h3*2H2,1H3,(H,3,4,5);/q;;;+3/p-3. The first-order chi connectivity index (χ1) is 9.18. The fourth-order valence-corrected chi connectivity index (χ4v) is 1.30. The molecule has 0 unspecified atom stereocenters. The van der Waals surface area contributed by atoms with Crippen LogP contribution in [0.5, 0.6) is 0 Å². The molecule has 0 aliphatic heterocycles. The Kier molecular flexibility index (Phi) is 21.5. The minimum Gasteiger partial charge on any atom is -0.726 e. The van der Waals surface area contributed by atoms with Crippen molar-refractivity contribution in [2.45, 2.75) is 20.8 Å². The van der Waals surface area contributed by atoms with Crippen LogP contribution in [0.25, 0.3) is 0 Å². The maximum Gasteiger partial charge on any atom is 3.00 e. The average Bonchev–Trinajstić information content (AvgIpc) is 2.12. The fraction of sp³-hybridized carbons (Fsp3) is 1.00. The second kappa shape index (κ2) is 15.4. The molecule has 16 heteroatoms. The van der Waals surface area contributed by atoms with E-state index in [9.17, 15) is 38.9 Å². The molecule has 0 aromatic carbocycles. The molecule has 0 aliphatic carbocycles. The van der Waals surface area contributed by atoms with Gasteiger partial charge in [-0.3, -0.25) is 12.5 Å². The first kappa shape index (κ1) is 30.7. The summed E-state index contributed by atoms with van der Waals surface area (Å²) in [6.45, 7) is 4.00. The van der Waals surface area contributed by atoms with Gasteiger partial charge in [0, 0.05) is 0 Å². The summed E-state index contributed by atoms with van der Waals surface area (Å²) in [5.41, 5.74) is 0. The van der Waals surface area contributed by atoms with Crippen LogP contribution in [-0.2, 0) is 43.7 Å². The Bertz CT molecular complexity index is 455. The SMILES string of the molecule is CCOS(=O)(=O)[O-].CCOS(=O)(=O)[O-].CCOS(=O)(=O)[O-].[Tm+3]. The molecule has 22 heavy (non-hydrogen) atoms. The molecule has 0 bridgehead atoms. The van der Waals surface area contributed by atoms with Crippen LogP contribution in [0.15, 0.2) is 0 Å². The Hall–Kier alpha value is 0.844. The van der Waals surface area contributed by atoms with E-state index in [1.807, 2.05) is 0 Å². The van der Waals surface area contributed by atoms with E-state index in [2.05, 4.69) is 12.5 Å². The van der Waals surface area contributed by atoms with Crippen molar-refractivity contribution in [3.63, 3.8) is 0 Å². The van der Waals surface area contributed by atoms with Crippen LogP contribution >= 0.6 is 0 Å². The first-order valence-electron chi connectivity index (χ1n) is 4.99. The van der Waals surface area contributed by atoms with Gasteiger partial charge in [-0.1, -0.05) is 0 Å². The quantitative estimate of drug-likeness (QED) is 0.276. The van der Waals surface area contributed by atoms with Crippen molar-refractivity contribution >= 4 is 31.2 Å². The molecular formula is C6H15O12S3Tm. The fourth-order valence-electron chi connectivity index (χ4n) is 0.433.